The molecule has 0 spiro atoms. The number of H-pyrrole nitrogens is 1. The molecule has 0 saturated carbocycles. The SMILES string of the molecule is NC(CCC(=O)O)C(=O)c1cc[nH]c1. The van der Waals surface area contributed by atoms with E-state index in [1.54, 1.807) is 18.5 Å². The zero-order valence-corrected chi connectivity index (χ0v) is 7.56. The number of nitrogens with one attached hydrogen (secondary N) is 1. The number of rotatable bonds is 5. The van der Waals surface area contributed by atoms with E-state index < -0.39 is 12.0 Å². The first kappa shape index (κ1) is 10.5. The number of hydrogen-bond acceptors (Lipinski definition) is 3. The maximum atomic E-state index is 11.5. The van der Waals surface area contributed by atoms with Crippen LogP contribution in [0.1, 0.15) is 23.2 Å². The summed E-state index contributed by atoms with van der Waals surface area (Å²) in [6.45, 7) is 0. The average molecular weight is 196 g/mol. The van der Waals surface area contributed by atoms with E-state index in [-0.39, 0.29) is 18.6 Å². The minimum atomic E-state index is -0.942. The molecule has 1 aromatic rings. The molecule has 0 saturated heterocycles. The summed E-state index contributed by atoms with van der Waals surface area (Å²) in [5, 5.41) is 8.40. The zero-order chi connectivity index (χ0) is 10.6. The van der Waals surface area contributed by atoms with Crippen LogP contribution in [0.15, 0.2) is 18.5 Å². The van der Waals surface area contributed by atoms with Crippen molar-refractivity contribution in [1.29, 1.82) is 0 Å². The summed E-state index contributed by atoms with van der Waals surface area (Å²) in [6, 6.07) is 0.880. The minimum absolute atomic E-state index is 0.0860. The molecule has 0 radical (unpaired) electrons. The highest BCUT2D eigenvalue weighted by Crippen LogP contribution is 2.05. The number of hydrogen-bond donors (Lipinski definition) is 3. The molecule has 0 fully saturated rings. The fourth-order valence-electron chi connectivity index (χ4n) is 1.10. The average Bonchev–Trinajstić information content (AvgIpc) is 2.65. The fourth-order valence-corrected chi connectivity index (χ4v) is 1.10. The summed E-state index contributed by atoms with van der Waals surface area (Å²) in [6.07, 6.45) is 3.25. The molecule has 1 atom stereocenters. The van der Waals surface area contributed by atoms with Crippen LogP contribution in [-0.4, -0.2) is 27.9 Å². The first-order valence-corrected chi connectivity index (χ1v) is 4.25. The van der Waals surface area contributed by atoms with Gasteiger partial charge in [0.05, 0.1) is 6.04 Å². The maximum Gasteiger partial charge on any atom is 0.303 e. The summed E-state index contributed by atoms with van der Waals surface area (Å²) in [7, 11) is 0. The lowest BCUT2D eigenvalue weighted by molar-refractivity contribution is -0.137. The molecular weight excluding hydrogens is 184 g/mol. The van der Waals surface area contributed by atoms with Crippen molar-refractivity contribution in [3.8, 4) is 0 Å². The first-order valence-electron chi connectivity index (χ1n) is 4.25. The van der Waals surface area contributed by atoms with Crippen LogP contribution in [0.25, 0.3) is 0 Å². The number of carboxylic acid groups (broad SMARTS) is 1. The Kier molecular flexibility index (Phi) is 3.41. The van der Waals surface area contributed by atoms with Crippen molar-refractivity contribution in [1.82, 2.24) is 4.98 Å². The van der Waals surface area contributed by atoms with E-state index in [1.807, 2.05) is 0 Å². The predicted octanol–water partition coefficient (Wildman–Crippen LogP) is 0.389. The molecule has 1 heterocycles. The quantitative estimate of drug-likeness (QED) is 0.593. The van der Waals surface area contributed by atoms with Crippen LogP contribution in [0, 0.1) is 0 Å². The van der Waals surface area contributed by atoms with Gasteiger partial charge >= 0.3 is 5.97 Å². The molecule has 1 unspecified atom stereocenters. The Morgan fingerprint density at radius 2 is 2.29 bits per heavy atom. The molecule has 1 rings (SSSR count). The van der Waals surface area contributed by atoms with Crippen LogP contribution in [0.2, 0.25) is 0 Å². The second-order valence-corrected chi connectivity index (χ2v) is 3.00. The third-order valence-corrected chi connectivity index (χ3v) is 1.89. The van der Waals surface area contributed by atoms with Crippen molar-refractivity contribution >= 4 is 11.8 Å². The van der Waals surface area contributed by atoms with Gasteiger partial charge in [-0.3, -0.25) is 9.59 Å². The Morgan fingerprint density at radius 3 is 2.79 bits per heavy atom. The van der Waals surface area contributed by atoms with Crippen LogP contribution in [0.3, 0.4) is 0 Å². The highest BCUT2D eigenvalue weighted by Gasteiger charge is 2.16. The summed E-state index contributed by atoms with van der Waals surface area (Å²) in [5.74, 6) is -1.17. The van der Waals surface area contributed by atoms with Crippen LogP contribution < -0.4 is 5.73 Å². The second kappa shape index (κ2) is 4.57. The lowest BCUT2D eigenvalue weighted by Crippen LogP contribution is -2.30. The van der Waals surface area contributed by atoms with Gasteiger partial charge in [-0.15, -0.1) is 0 Å². The molecular formula is C9H12N2O3. The van der Waals surface area contributed by atoms with Crippen LogP contribution in [-0.2, 0) is 4.79 Å². The van der Waals surface area contributed by atoms with E-state index in [9.17, 15) is 9.59 Å². The third-order valence-electron chi connectivity index (χ3n) is 1.89. The molecule has 0 amide bonds. The van der Waals surface area contributed by atoms with E-state index in [1.165, 1.54) is 0 Å². The van der Waals surface area contributed by atoms with Crippen molar-refractivity contribution in [2.24, 2.45) is 5.73 Å². The lowest BCUT2D eigenvalue weighted by atomic mass is 10.0. The summed E-state index contributed by atoms with van der Waals surface area (Å²) in [5.41, 5.74) is 6.02. The molecule has 0 aliphatic carbocycles. The van der Waals surface area contributed by atoms with Gasteiger partial charge in [0.25, 0.3) is 0 Å². The Morgan fingerprint density at radius 1 is 1.57 bits per heavy atom. The normalized spacial score (nSPS) is 12.4. The van der Waals surface area contributed by atoms with Crippen molar-refractivity contribution < 1.29 is 14.7 Å². The number of carbonyl (C=O) groups is 2. The number of carboxylic acids is 1. The van der Waals surface area contributed by atoms with E-state index >= 15 is 0 Å². The number of Topliss-reactive ketones (excluding diaryl/α,β-unsaturated/α-hetero) is 1. The highest BCUT2D eigenvalue weighted by atomic mass is 16.4. The highest BCUT2D eigenvalue weighted by molar-refractivity contribution is 5.99. The van der Waals surface area contributed by atoms with Crippen LogP contribution >= 0.6 is 0 Å². The molecule has 76 valence electrons. The summed E-state index contributed by atoms with van der Waals surface area (Å²) in [4.78, 5) is 24.5. The molecule has 0 aliphatic rings. The molecule has 1 aromatic heterocycles. The fraction of sp³-hybridized carbons (Fsp3) is 0.333. The van der Waals surface area contributed by atoms with Crippen molar-refractivity contribution in [2.45, 2.75) is 18.9 Å². The third kappa shape index (κ3) is 2.70. The number of aromatic nitrogens is 1. The van der Waals surface area contributed by atoms with Crippen molar-refractivity contribution in [3.63, 3.8) is 0 Å². The molecule has 14 heavy (non-hydrogen) atoms. The number of nitrogens with two attached hydrogens (primary N) is 1. The molecule has 0 aromatic carbocycles. The smallest absolute Gasteiger partial charge is 0.303 e. The van der Waals surface area contributed by atoms with Gasteiger partial charge in [0, 0.05) is 24.4 Å². The van der Waals surface area contributed by atoms with Gasteiger partial charge in [0.1, 0.15) is 0 Å². The van der Waals surface area contributed by atoms with Crippen LogP contribution in [0.4, 0.5) is 0 Å². The van der Waals surface area contributed by atoms with Gasteiger partial charge in [-0.25, -0.2) is 0 Å². The zero-order valence-electron chi connectivity index (χ0n) is 7.56. The van der Waals surface area contributed by atoms with Gasteiger partial charge in [0.15, 0.2) is 5.78 Å². The van der Waals surface area contributed by atoms with Crippen LogP contribution in [0.5, 0.6) is 0 Å². The lowest BCUT2D eigenvalue weighted by Gasteiger charge is -2.06. The molecule has 4 N–H and O–H groups in total. The first-order chi connectivity index (χ1) is 6.61. The summed E-state index contributed by atoms with van der Waals surface area (Å²) < 4.78 is 0. The molecule has 5 heteroatoms. The molecule has 0 bridgehead atoms. The molecule has 5 nitrogen and oxygen atoms in total. The van der Waals surface area contributed by atoms with E-state index in [4.69, 9.17) is 10.8 Å². The minimum Gasteiger partial charge on any atom is -0.481 e. The van der Waals surface area contributed by atoms with Gasteiger partial charge in [-0.05, 0) is 12.5 Å². The van der Waals surface area contributed by atoms with Gasteiger partial charge in [0.2, 0.25) is 0 Å². The standard InChI is InChI=1S/C9H12N2O3/c10-7(1-2-8(12)13)9(14)6-3-4-11-5-6/h3-5,7,11H,1-2,10H2,(H,12,13). The number of aliphatic carboxylic acids is 1. The Balaban J connectivity index is 2.49. The number of aromatic amines is 1. The predicted molar refractivity (Wildman–Crippen MR) is 50.0 cm³/mol. The van der Waals surface area contributed by atoms with Gasteiger partial charge in [-0.1, -0.05) is 0 Å². The van der Waals surface area contributed by atoms with E-state index in [0.717, 1.165) is 0 Å². The Labute approximate surface area is 80.9 Å². The monoisotopic (exact) mass is 196 g/mol. The topological polar surface area (TPSA) is 96.2 Å². The number of ketones is 1. The second-order valence-electron chi connectivity index (χ2n) is 3.00. The maximum absolute atomic E-state index is 11.5. The van der Waals surface area contributed by atoms with E-state index in [0.29, 0.717) is 5.56 Å². The number of carbonyl (C=O) groups excluding carboxylic acids is 1. The molecule has 0 aliphatic heterocycles. The largest absolute Gasteiger partial charge is 0.481 e. The van der Waals surface area contributed by atoms with Gasteiger partial charge < -0.3 is 15.8 Å². The van der Waals surface area contributed by atoms with Crippen molar-refractivity contribution in [3.05, 3.63) is 24.0 Å². The van der Waals surface area contributed by atoms with Crippen molar-refractivity contribution in [2.75, 3.05) is 0 Å². The van der Waals surface area contributed by atoms with E-state index in [2.05, 4.69) is 4.98 Å². The Bertz CT molecular complexity index is 319. The Hall–Kier alpha value is -1.62. The summed E-state index contributed by atoms with van der Waals surface area (Å²) >= 11 is 0. The van der Waals surface area contributed by atoms with Gasteiger partial charge in [-0.2, -0.15) is 0 Å².